The van der Waals surface area contributed by atoms with Gasteiger partial charge in [-0.2, -0.15) is 25.1 Å². The molecule has 532 valence electrons. The minimum absolute atomic E-state index is 0.0229. The number of carbonyl (C=O) groups is 3. The average molecular weight is 1440 g/mol. The lowest BCUT2D eigenvalue weighted by atomic mass is 10.1. The number of hydrogen-bond donors (Lipinski definition) is 10. The van der Waals surface area contributed by atoms with Crippen molar-refractivity contribution >= 4 is 105 Å². The van der Waals surface area contributed by atoms with Gasteiger partial charge in [-0.1, -0.05) is 17.0 Å². The van der Waals surface area contributed by atoms with Crippen LogP contribution < -0.4 is 66.7 Å². The molecule has 0 fully saturated rings. The fourth-order valence-corrected chi connectivity index (χ4v) is 13.0. The Labute approximate surface area is 583 Å². The van der Waals surface area contributed by atoms with Gasteiger partial charge in [0.2, 0.25) is 13.1 Å². The lowest BCUT2D eigenvalue weighted by molar-refractivity contribution is -0.684. The number of nitro groups is 2. The molecule has 0 atom stereocenters. The molecule has 0 aliphatic carbocycles. The maximum atomic E-state index is 13.7. The van der Waals surface area contributed by atoms with E-state index in [1.165, 1.54) is 75.1 Å². The first-order valence-electron chi connectivity index (χ1n) is 31.4. The van der Waals surface area contributed by atoms with Gasteiger partial charge in [-0.15, -0.1) is 10.7 Å². The van der Waals surface area contributed by atoms with E-state index in [0.717, 1.165) is 5.56 Å². The largest absolute Gasteiger partial charge is 0.379 e. The smallest absolute Gasteiger partial charge is 0.290 e. The molecule has 34 nitrogen and oxygen atoms in total. The number of aromatic nitrogens is 6. The number of benzene rings is 6. The molecule has 0 radical (unpaired) electrons. The van der Waals surface area contributed by atoms with Gasteiger partial charge < -0.3 is 35.7 Å². The van der Waals surface area contributed by atoms with Gasteiger partial charge in [0, 0.05) is 94.3 Å². The number of non-ortho nitro benzene ring substituents is 2. The number of nitrogens with one attached hydrogen (secondary N) is 10. The van der Waals surface area contributed by atoms with Crippen molar-refractivity contribution in [3.05, 3.63) is 224 Å². The summed E-state index contributed by atoms with van der Waals surface area (Å²) in [6, 6.07) is 34.4. The van der Waals surface area contributed by atoms with E-state index in [9.17, 15) is 51.4 Å². The molecule has 0 aliphatic rings. The third kappa shape index (κ3) is 19.6. The van der Waals surface area contributed by atoms with Gasteiger partial charge in [0.05, 0.1) is 76.3 Å². The van der Waals surface area contributed by atoms with Crippen LogP contribution in [0.1, 0.15) is 38.2 Å². The van der Waals surface area contributed by atoms with Crippen molar-refractivity contribution in [3.8, 4) is 0 Å². The zero-order chi connectivity index (χ0) is 72.3. The maximum absolute atomic E-state index is 13.7. The predicted octanol–water partition coefficient (Wildman–Crippen LogP) is 5.88. The summed E-state index contributed by atoms with van der Waals surface area (Å²) in [6.07, 6.45) is 9.58. The van der Waals surface area contributed by atoms with Crippen LogP contribution in [0.4, 0.5) is 45.5 Å². The number of ether oxygens (including phenoxy) is 2. The van der Waals surface area contributed by atoms with Crippen molar-refractivity contribution in [1.29, 1.82) is 0 Å². The van der Waals surface area contributed by atoms with Crippen molar-refractivity contribution in [3.63, 3.8) is 0 Å². The summed E-state index contributed by atoms with van der Waals surface area (Å²) < 4.78 is 75.9. The molecule has 10 aromatic rings. The number of nitro benzene ring substituents is 2. The number of hydrazine groups is 2. The van der Waals surface area contributed by atoms with E-state index in [1.54, 1.807) is 136 Å². The van der Waals surface area contributed by atoms with Gasteiger partial charge >= 0.3 is 0 Å². The van der Waals surface area contributed by atoms with Gasteiger partial charge in [0.25, 0.3) is 49.1 Å². The Kier molecular flexibility index (Phi) is 24.3. The van der Waals surface area contributed by atoms with Gasteiger partial charge in [0.15, 0.2) is 38.2 Å². The molecule has 6 aromatic carbocycles. The number of nitrogens with zero attached hydrogens (tertiary/aromatic N) is 8. The van der Waals surface area contributed by atoms with Crippen LogP contribution >= 0.6 is 0 Å². The van der Waals surface area contributed by atoms with Crippen molar-refractivity contribution in [1.82, 2.24) is 41.5 Å². The zero-order valence-electron chi connectivity index (χ0n) is 55.4. The topological polar surface area (TPSA) is 416 Å². The number of hydroxylamine groups is 1. The maximum Gasteiger partial charge on any atom is 0.290 e. The molecular formula is C66H72N18O16S2+2. The molecular weight excluding hydrogens is 1360 g/mol. The molecule has 36 heteroatoms. The van der Waals surface area contributed by atoms with Crippen LogP contribution in [0.3, 0.4) is 0 Å². The van der Waals surface area contributed by atoms with E-state index in [1.807, 2.05) is 6.07 Å². The predicted molar refractivity (Wildman–Crippen MR) is 372 cm³/mol. The highest BCUT2D eigenvalue weighted by Gasteiger charge is 2.25. The Morgan fingerprint density at radius 1 is 0.578 bits per heavy atom. The summed E-state index contributed by atoms with van der Waals surface area (Å²) >= 11 is 0. The van der Waals surface area contributed by atoms with Gasteiger partial charge in [-0.3, -0.25) is 59.2 Å². The number of rotatable bonds is 37. The lowest BCUT2D eigenvalue weighted by Crippen LogP contribution is -2.41. The first kappa shape index (κ1) is 73.1. The Morgan fingerprint density at radius 2 is 1.11 bits per heavy atom. The van der Waals surface area contributed by atoms with Crippen LogP contribution in [0.2, 0.25) is 0 Å². The average Bonchev–Trinajstić information content (AvgIpc) is 1.23. The Balaban J connectivity index is 0.572. The molecule has 0 bridgehead atoms. The third-order valence-electron chi connectivity index (χ3n) is 15.4. The van der Waals surface area contributed by atoms with Gasteiger partial charge in [-0.25, -0.2) is 21.5 Å². The molecule has 0 saturated carbocycles. The number of amides is 3. The number of fused-ring (bicyclic) bond motifs is 2. The van der Waals surface area contributed by atoms with Crippen molar-refractivity contribution in [2.45, 2.75) is 63.9 Å². The summed E-state index contributed by atoms with van der Waals surface area (Å²) in [5, 5.41) is 40.1. The van der Waals surface area contributed by atoms with E-state index in [2.05, 4.69) is 62.9 Å². The Bertz CT molecular complexity index is 4930. The number of hydrogen-bond acceptors (Lipinski definition) is 23. The first-order valence-corrected chi connectivity index (χ1v) is 34.3. The van der Waals surface area contributed by atoms with Crippen LogP contribution in [0, 0.1) is 47.9 Å². The first-order chi connectivity index (χ1) is 49.1. The van der Waals surface area contributed by atoms with Crippen molar-refractivity contribution in [2.24, 2.45) is 0 Å². The number of carbonyl (C=O) groups excluding carboxylic acids is 3. The summed E-state index contributed by atoms with van der Waals surface area (Å²) in [5.41, 5.74) is 20.5. The monoisotopic (exact) mass is 1440 g/mol. The minimum atomic E-state index is -4.13. The zero-order valence-corrected chi connectivity index (χ0v) is 57.0. The molecule has 0 unspecified atom stereocenters. The standard InChI is InChI=1S/C66H70N18O16S2/c1-44-9-23-60(102(94,95)77-55-17-13-53(14-18-55)75-78-99-43-81-58-21-19-56(83(88)89)33-50(58)35-69-81)46(3)64(44)72-62(85)39-79-27-5-7-48(37-79)41-98-71-26-30-97-32-31-96-29-25-67-66(87)49-8-6-28-80(38-49)40-63(86)73-65-45(2)10-24-61(47(65)4)101(92,93)76-54-15-11-52(12-16-54)74-68-42-100-82-59-22-20-57(84(90)91)34-51(59)36-70-82/h5-24,27-28,33-38,68,71,74-78H,25-26,29-32,39-43H2,1-4H3,(H-2,67,72,73,85,86,87)/p+2. The fraction of sp³-hybridized carbons (Fsp3) is 0.227. The third-order valence-corrected chi connectivity index (χ3v) is 18.5. The SMILES string of the molecule is Cc1ccc(S(=O)(=O)Nc2ccc(NNOCn3ncc4cc([N+](=O)[O-])ccc43)cc2)c(C)c1NC(=O)C[n+]1cccc(CONCCOCCOCCNC(=O)c2ccc[n+](CC(=O)Nc3c(C)ccc(S(=O)(=O)Nc4ccc(NNCOn5ncc6cc([N+](=O)[O-])ccc65)cc4)c3C)c2)c1. The Morgan fingerprint density at radius 3 is 1.71 bits per heavy atom. The number of pyridine rings is 2. The van der Waals surface area contributed by atoms with E-state index in [-0.39, 0.29) is 104 Å². The molecule has 3 amide bonds. The molecule has 0 aliphatic heterocycles. The highest BCUT2D eigenvalue weighted by molar-refractivity contribution is 7.93. The second kappa shape index (κ2) is 34.0. The van der Waals surface area contributed by atoms with E-state index >= 15 is 0 Å². The van der Waals surface area contributed by atoms with Crippen molar-refractivity contribution < 1.29 is 74.2 Å². The highest BCUT2D eigenvalue weighted by atomic mass is 32.2. The van der Waals surface area contributed by atoms with E-state index in [0.29, 0.717) is 85.5 Å². The molecule has 102 heavy (non-hydrogen) atoms. The molecule has 10 N–H and O–H groups in total. The molecule has 0 spiro atoms. The number of anilines is 6. The van der Waals surface area contributed by atoms with E-state index < -0.39 is 35.8 Å². The van der Waals surface area contributed by atoms with Crippen LogP contribution in [0.5, 0.6) is 0 Å². The molecule has 4 heterocycles. The summed E-state index contributed by atoms with van der Waals surface area (Å²) in [6.45, 7) is 8.18. The van der Waals surface area contributed by atoms with Crippen LogP contribution in [0.15, 0.2) is 180 Å². The minimum Gasteiger partial charge on any atom is -0.379 e. The summed E-state index contributed by atoms with van der Waals surface area (Å²) in [4.78, 5) is 78.9. The van der Waals surface area contributed by atoms with Crippen molar-refractivity contribution in [2.75, 3.05) is 77.2 Å². The normalized spacial score (nSPS) is 11.5. The highest BCUT2D eigenvalue weighted by Crippen LogP contribution is 2.31. The van der Waals surface area contributed by atoms with Crippen LogP contribution in [-0.2, 0) is 75.2 Å². The molecule has 0 saturated heterocycles. The fourth-order valence-electron chi connectivity index (χ4n) is 10.4. The number of aryl methyl sites for hydroxylation is 2. The van der Waals surface area contributed by atoms with E-state index in [4.69, 9.17) is 24.0 Å². The lowest BCUT2D eigenvalue weighted by Gasteiger charge is -2.16. The Hall–Kier alpha value is -11.6. The second-order valence-electron chi connectivity index (χ2n) is 22.8. The molecule has 4 aromatic heterocycles. The summed E-state index contributed by atoms with van der Waals surface area (Å²) in [7, 11) is -8.24. The van der Waals surface area contributed by atoms with Crippen LogP contribution in [0.25, 0.3) is 21.8 Å². The van der Waals surface area contributed by atoms with Gasteiger partial charge in [-0.05, 0) is 135 Å². The van der Waals surface area contributed by atoms with Gasteiger partial charge in [0.1, 0.15) is 11.1 Å². The summed E-state index contributed by atoms with van der Waals surface area (Å²) in [5.74, 6) is -1.23. The number of sulfonamides is 2. The quantitative estimate of drug-likeness (QED) is 0.00714. The van der Waals surface area contributed by atoms with Crippen LogP contribution in [-0.4, -0.2) is 110 Å². The second-order valence-corrected chi connectivity index (χ2v) is 26.1. The molecule has 10 rings (SSSR count).